The maximum absolute atomic E-state index is 14.4. The molecule has 0 spiro atoms. The number of aliphatic hydroxyl groups is 1. The number of nitrogens with one attached hydrogen (secondary N) is 1. The zero-order valence-electron chi connectivity index (χ0n) is 25.0. The largest absolute Gasteiger partial charge is 0.385 e. The Morgan fingerprint density at radius 2 is 1.88 bits per heavy atom. The summed E-state index contributed by atoms with van der Waals surface area (Å²) in [5, 5.41) is 18.5. The van der Waals surface area contributed by atoms with Crippen molar-refractivity contribution in [3.63, 3.8) is 0 Å². The molecule has 2 aromatic carbocycles. The van der Waals surface area contributed by atoms with Gasteiger partial charge in [0, 0.05) is 42.8 Å². The van der Waals surface area contributed by atoms with Gasteiger partial charge in [-0.15, -0.1) is 11.3 Å². The molecule has 9 heteroatoms. The molecule has 0 unspecified atom stereocenters. The molecular formula is C34H41N5O3S. The average molecular weight is 600 g/mol. The van der Waals surface area contributed by atoms with E-state index >= 15 is 0 Å². The van der Waals surface area contributed by atoms with Gasteiger partial charge in [-0.1, -0.05) is 73.5 Å². The van der Waals surface area contributed by atoms with Crippen molar-refractivity contribution in [3.05, 3.63) is 94.8 Å². The minimum Gasteiger partial charge on any atom is -0.385 e. The zero-order valence-corrected chi connectivity index (χ0v) is 25.8. The van der Waals surface area contributed by atoms with Crippen molar-refractivity contribution in [1.29, 1.82) is 0 Å². The standard InChI is InChI=1S/C34H41N5O3S/c1-33(2,32-36-18-20-43-32)42-23-34(41)16-10-9-15-28(34)39-24-37-29(30(39)26-13-7-4-8-14-26)31(40)38-19-17-35-22-27(38)21-25-11-5-3-6-12-25/h3-8,11-14,18,20,24,27-28,35,41H,9-10,15-17,19,21-23H2,1-2H3/t27-,28-,34-/m1/s1. The molecule has 1 saturated carbocycles. The number of imidazole rings is 1. The smallest absolute Gasteiger partial charge is 0.275 e. The summed E-state index contributed by atoms with van der Waals surface area (Å²) in [6.45, 7) is 6.25. The summed E-state index contributed by atoms with van der Waals surface area (Å²) in [6, 6.07) is 20.0. The lowest BCUT2D eigenvalue weighted by molar-refractivity contribution is -0.142. The lowest BCUT2D eigenvalue weighted by atomic mass is 9.80. The van der Waals surface area contributed by atoms with Crippen LogP contribution in [-0.2, 0) is 16.8 Å². The lowest BCUT2D eigenvalue weighted by Crippen LogP contribution is -2.54. The molecule has 0 radical (unpaired) electrons. The van der Waals surface area contributed by atoms with Gasteiger partial charge in [-0.05, 0) is 38.7 Å². The number of ether oxygens (including phenoxy) is 1. The first-order valence-corrected chi connectivity index (χ1v) is 16.2. The fourth-order valence-electron chi connectivity index (χ4n) is 6.53. The van der Waals surface area contributed by atoms with Crippen molar-refractivity contribution in [2.45, 2.75) is 69.2 Å². The van der Waals surface area contributed by atoms with Crippen LogP contribution in [0.5, 0.6) is 0 Å². The van der Waals surface area contributed by atoms with Gasteiger partial charge < -0.3 is 24.6 Å². The first-order valence-electron chi connectivity index (χ1n) is 15.3. The van der Waals surface area contributed by atoms with Crippen molar-refractivity contribution in [2.75, 3.05) is 26.2 Å². The molecule has 3 atom stereocenters. The summed E-state index contributed by atoms with van der Waals surface area (Å²) in [4.78, 5) is 25.6. The number of hydrogen-bond acceptors (Lipinski definition) is 7. The first kappa shape index (κ1) is 29.7. The Morgan fingerprint density at radius 1 is 1.12 bits per heavy atom. The Hall–Kier alpha value is -3.37. The van der Waals surface area contributed by atoms with Gasteiger partial charge in [0.15, 0.2) is 5.69 Å². The van der Waals surface area contributed by atoms with Crippen molar-refractivity contribution in [2.24, 2.45) is 0 Å². The maximum Gasteiger partial charge on any atom is 0.275 e. The summed E-state index contributed by atoms with van der Waals surface area (Å²) in [5.74, 6) is -0.0689. The number of carbonyl (C=O) groups excluding carboxylic acids is 1. The molecule has 1 amide bonds. The molecule has 2 aliphatic rings. The normalized spacial score (nSPS) is 22.9. The highest BCUT2D eigenvalue weighted by molar-refractivity contribution is 7.09. The van der Waals surface area contributed by atoms with E-state index in [4.69, 9.17) is 9.72 Å². The lowest BCUT2D eigenvalue weighted by Gasteiger charge is -2.42. The molecular weight excluding hydrogens is 558 g/mol. The second-order valence-corrected chi connectivity index (χ2v) is 13.2. The monoisotopic (exact) mass is 599 g/mol. The molecule has 6 rings (SSSR count). The van der Waals surface area contributed by atoms with Crippen LogP contribution in [0.4, 0.5) is 0 Å². The summed E-state index contributed by atoms with van der Waals surface area (Å²) in [6.07, 6.45) is 7.59. The average Bonchev–Trinajstić information content (AvgIpc) is 3.73. The van der Waals surface area contributed by atoms with Crippen LogP contribution in [0.15, 0.2) is 78.6 Å². The highest BCUT2D eigenvalue weighted by atomic mass is 32.1. The minimum absolute atomic E-state index is 0.0190. The van der Waals surface area contributed by atoms with Crippen molar-refractivity contribution >= 4 is 17.2 Å². The highest BCUT2D eigenvalue weighted by Crippen LogP contribution is 2.42. The molecule has 0 bridgehead atoms. The third-order valence-electron chi connectivity index (χ3n) is 8.89. The molecule has 226 valence electrons. The number of amides is 1. The van der Waals surface area contributed by atoms with Crippen molar-refractivity contribution in [3.8, 4) is 11.3 Å². The van der Waals surface area contributed by atoms with Gasteiger partial charge in [0.25, 0.3) is 5.91 Å². The Bertz CT molecular complexity index is 1490. The van der Waals surface area contributed by atoms with Gasteiger partial charge in [-0.3, -0.25) is 4.79 Å². The maximum atomic E-state index is 14.4. The molecule has 2 aromatic heterocycles. The second kappa shape index (κ2) is 12.7. The quantitative estimate of drug-likeness (QED) is 0.266. The minimum atomic E-state index is -1.12. The van der Waals surface area contributed by atoms with Gasteiger partial charge in [-0.2, -0.15) is 0 Å². The summed E-state index contributed by atoms with van der Waals surface area (Å²) >= 11 is 1.55. The van der Waals surface area contributed by atoms with Gasteiger partial charge in [0.05, 0.1) is 24.7 Å². The van der Waals surface area contributed by atoms with Crippen LogP contribution in [0, 0.1) is 0 Å². The van der Waals surface area contributed by atoms with Crippen molar-refractivity contribution < 1.29 is 14.6 Å². The fraction of sp³-hybridized carbons (Fsp3) is 0.441. The number of rotatable bonds is 9. The first-order chi connectivity index (χ1) is 20.9. The number of thiazole rings is 1. The number of carbonyl (C=O) groups is 1. The number of benzene rings is 2. The topological polar surface area (TPSA) is 92.5 Å². The number of piperazine rings is 1. The zero-order chi connectivity index (χ0) is 29.9. The Kier molecular flexibility index (Phi) is 8.77. The van der Waals surface area contributed by atoms with E-state index in [0.717, 1.165) is 55.0 Å². The van der Waals surface area contributed by atoms with E-state index < -0.39 is 11.2 Å². The second-order valence-electron chi connectivity index (χ2n) is 12.3. The van der Waals surface area contributed by atoms with E-state index in [1.165, 1.54) is 5.56 Å². The third kappa shape index (κ3) is 6.31. The molecule has 2 fully saturated rings. The van der Waals surface area contributed by atoms with Gasteiger partial charge >= 0.3 is 0 Å². The van der Waals surface area contributed by atoms with E-state index in [-0.39, 0.29) is 24.6 Å². The summed E-state index contributed by atoms with van der Waals surface area (Å²) in [7, 11) is 0. The summed E-state index contributed by atoms with van der Waals surface area (Å²) in [5.41, 5.74) is 1.56. The van der Waals surface area contributed by atoms with E-state index in [2.05, 4.69) is 27.0 Å². The van der Waals surface area contributed by atoms with Crippen LogP contribution in [-0.4, -0.2) is 68.3 Å². The molecule has 8 nitrogen and oxygen atoms in total. The molecule has 1 saturated heterocycles. The molecule has 3 heterocycles. The third-order valence-corrected chi connectivity index (χ3v) is 9.97. The van der Waals surface area contributed by atoms with Crippen molar-refractivity contribution in [1.82, 2.24) is 24.8 Å². The van der Waals surface area contributed by atoms with Crippen LogP contribution in [0.25, 0.3) is 11.3 Å². The SMILES string of the molecule is CC(C)(OC[C@]1(O)CCCC[C@H]1n1cnc(C(=O)N2CCNC[C@H]2Cc2ccccc2)c1-c1ccccc1)c1nccs1. The molecule has 1 aliphatic carbocycles. The Morgan fingerprint density at radius 3 is 2.63 bits per heavy atom. The Balaban J connectivity index is 1.33. The fourth-order valence-corrected chi connectivity index (χ4v) is 7.24. The molecule has 1 aliphatic heterocycles. The van der Waals surface area contributed by atoms with Gasteiger partial charge in [0.1, 0.15) is 16.2 Å². The summed E-state index contributed by atoms with van der Waals surface area (Å²) < 4.78 is 8.47. The van der Waals surface area contributed by atoms with Crippen LogP contribution in [0.2, 0.25) is 0 Å². The predicted molar refractivity (Wildman–Crippen MR) is 169 cm³/mol. The van der Waals surface area contributed by atoms with Crippen LogP contribution in [0.3, 0.4) is 0 Å². The molecule has 2 N–H and O–H groups in total. The van der Waals surface area contributed by atoms with Gasteiger partial charge in [0.2, 0.25) is 0 Å². The van der Waals surface area contributed by atoms with Crippen LogP contribution >= 0.6 is 11.3 Å². The highest BCUT2D eigenvalue weighted by Gasteiger charge is 2.44. The van der Waals surface area contributed by atoms with E-state index in [9.17, 15) is 9.90 Å². The molecule has 4 aromatic rings. The predicted octanol–water partition coefficient (Wildman–Crippen LogP) is 5.46. The number of hydrogen-bond donors (Lipinski definition) is 2. The molecule has 43 heavy (non-hydrogen) atoms. The van der Waals surface area contributed by atoms with Crippen LogP contribution in [0.1, 0.15) is 66.6 Å². The van der Waals surface area contributed by atoms with Gasteiger partial charge in [-0.25, -0.2) is 9.97 Å². The van der Waals surface area contributed by atoms with Crippen LogP contribution < -0.4 is 5.32 Å². The van der Waals surface area contributed by atoms with E-state index in [0.29, 0.717) is 18.7 Å². The Labute approximate surface area is 257 Å². The van der Waals surface area contributed by atoms with E-state index in [1.807, 2.05) is 72.7 Å². The number of aromatic nitrogens is 3. The van der Waals surface area contributed by atoms with E-state index in [1.54, 1.807) is 23.9 Å². The number of nitrogens with zero attached hydrogens (tertiary/aromatic N) is 4.